The van der Waals surface area contributed by atoms with Gasteiger partial charge in [0.25, 0.3) is 5.69 Å². The lowest BCUT2D eigenvalue weighted by atomic mass is 9.68. The molecular formula is C32H28F3N3O7S. The summed E-state index contributed by atoms with van der Waals surface area (Å²) in [5.74, 6) is -6.40. The van der Waals surface area contributed by atoms with E-state index in [1.54, 1.807) is 24.4 Å². The van der Waals surface area contributed by atoms with E-state index in [4.69, 9.17) is 15.2 Å². The smallest absolute Gasteiger partial charge is 0.416 e. The van der Waals surface area contributed by atoms with E-state index in [9.17, 15) is 37.7 Å². The molecule has 0 radical (unpaired) electrons. The molecule has 0 saturated heterocycles. The van der Waals surface area contributed by atoms with Crippen molar-refractivity contribution in [1.29, 1.82) is 0 Å². The molecule has 0 fully saturated rings. The number of thiophene rings is 1. The number of esters is 2. The lowest BCUT2D eigenvalue weighted by molar-refractivity contribution is -0.384. The number of non-ortho nitro benzene ring substituents is 1. The van der Waals surface area contributed by atoms with Gasteiger partial charge in [-0.25, -0.2) is 4.79 Å². The highest BCUT2D eigenvalue weighted by molar-refractivity contribution is 7.10. The third-order valence-corrected chi connectivity index (χ3v) is 8.83. The Morgan fingerprint density at radius 3 is 2.41 bits per heavy atom. The number of carbonyl (C=O) groups excluding carboxylic acids is 3. The second kappa shape index (κ2) is 12.8. The zero-order valence-electron chi connectivity index (χ0n) is 24.6. The third kappa shape index (κ3) is 5.87. The zero-order chi connectivity index (χ0) is 33.3. The van der Waals surface area contributed by atoms with Crippen LogP contribution in [0, 0.1) is 16.0 Å². The van der Waals surface area contributed by atoms with Crippen molar-refractivity contribution in [2.75, 3.05) is 18.1 Å². The summed E-state index contributed by atoms with van der Waals surface area (Å²) in [4.78, 5) is 54.7. The fraction of sp³-hybridized carbons (Fsp3) is 0.281. The topological polar surface area (TPSA) is 142 Å². The van der Waals surface area contributed by atoms with Crippen LogP contribution in [0.1, 0.15) is 48.1 Å². The SMILES string of the molecule is CCOC(=O)C1=C(N)N(c2cccc(C(F)(F)F)c2)C2=C(C(=O)[C@H](C(=O)OCC)[C@@H](c3cccs3)C2)[C@H]1c1cccc([N+](=O)[O-])c1. The Morgan fingerprint density at radius 2 is 1.78 bits per heavy atom. The first kappa shape index (κ1) is 32.4. The lowest BCUT2D eigenvalue weighted by Crippen LogP contribution is -2.46. The summed E-state index contributed by atoms with van der Waals surface area (Å²) in [5.41, 5.74) is 5.08. The highest BCUT2D eigenvalue weighted by atomic mass is 32.1. The third-order valence-electron chi connectivity index (χ3n) is 7.83. The second-order valence-corrected chi connectivity index (χ2v) is 11.4. The van der Waals surface area contributed by atoms with Crippen molar-refractivity contribution in [3.8, 4) is 0 Å². The summed E-state index contributed by atoms with van der Waals surface area (Å²) in [5, 5.41) is 13.5. The minimum Gasteiger partial charge on any atom is -0.465 e. The molecule has 0 saturated carbocycles. The van der Waals surface area contributed by atoms with Crippen LogP contribution < -0.4 is 10.6 Å². The first-order chi connectivity index (χ1) is 21.9. The van der Waals surface area contributed by atoms with Crippen LogP contribution in [0.15, 0.2) is 88.7 Å². The summed E-state index contributed by atoms with van der Waals surface area (Å²) in [6.07, 6.45) is -4.79. The van der Waals surface area contributed by atoms with Gasteiger partial charge in [0.15, 0.2) is 5.78 Å². The quantitative estimate of drug-likeness (QED) is 0.130. The number of carbonyl (C=O) groups is 3. The highest BCUT2D eigenvalue weighted by Crippen LogP contribution is 2.52. The summed E-state index contributed by atoms with van der Waals surface area (Å²) in [6.45, 7) is 2.97. The van der Waals surface area contributed by atoms with E-state index in [1.165, 1.54) is 59.6 Å². The van der Waals surface area contributed by atoms with E-state index in [-0.39, 0.29) is 59.2 Å². The van der Waals surface area contributed by atoms with Gasteiger partial charge in [-0.2, -0.15) is 13.2 Å². The number of Topliss-reactive ketones (excluding diaryl/α,β-unsaturated/α-hetero) is 1. The average Bonchev–Trinajstić information content (AvgIpc) is 3.55. The van der Waals surface area contributed by atoms with Crippen LogP contribution in [0.2, 0.25) is 0 Å². The van der Waals surface area contributed by atoms with Crippen molar-refractivity contribution in [1.82, 2.24) is 0 Å². The number of nitrogens with two attached hydrogens (primary N) is 1. The van der Waals surface area contributed by atoms with E-state index < -0.39 is 52.1 Å². The summed E-state index contributed by atoms with van der Waals surface area (Å²) >= 11 is 1.29. The molecule has 14 heteroatoms. The highest BCUT2D eigenvalue weighted by Gasteiger charge is 2.52. The van der Waals surface area contributed by atoms with E-state index in [2.05, 4.69) is 0 Å². The van der Waals surface area contributed by atoms with Gasteiger partial charge >= 0.3 is 18.1 Å². The van der Waals surface area contributed by atoms with Gasteiger partial charge in [-0.3, -0.25) is 24.6 Å². The van der Waals surface area contributed by atoms with Crippen molar-refractivity contribution in [2.24, 2.45) is 11.7 Å². The number of alkyl halides is 3. The van der Waals surface area contributed by atoms with E-state index >= 15 is 0 Å². The van der Waals surface area contributed by atoms with Crippen LogP contribution >= 0.6 is 11.3 Å². The molecule has 46 heavy (non-hydrogen) atoms. The molecule has 2 aromatic carbocycles. The standard InChI is InChI=1S/C32H28F3N3O7S/c1-3-44-30(40)25-21(23-12-7-13-46-23)16-22-26(28(25)39)24(17-8-5-11-20(14-17)38(42)43)27(31(41)45-4-2)29(36)37(22)19-10-6-9-18(15-19)32(33,34)35/h5-15,21,24-25H,3-4,16,36H2,1-2H3/t21-,24-,25-/m1/s1. The molecular weight excluding hydrogens is 627 g/mol. The normalized spacial score (nSPS) is 20.0. The number of anilines is 1. The maximum absolute atomic E-state index is 14.7. The molecule has 2 aliphatic rings. The van der Waals surface area contributed by atoms with Crippen molar-refractivity contribution < 1.29 is 42.0 Å². The summed E-state index contributed by atoms with van der Waals surface area (Å²) in [6, 6.07) is 13.0. The number of hydrogen-bond donors (Lipinski definition) is 1. The number of nitrogens with zero attached hydrogens (tertiary/aromatic N) is 2. The molecule has 0 unspecified atom stereocenters. The molecule has 2 heterocycles. The van der Waals surface area contributed by atoms with Crippen LogP contribution in [0.5, 0.6) is 0 Å². The average molecular weight is 656 g/mol. The van der Waals surface area contributed by atoms with Crippen LogP contribution in [-0.2, 0) is 30.0 Å². The minimum atomic E-state index is -4.73. The summed E-state index contributed by atoms with van der Waals surface area (Å²) < 4.78 is 52.2. The number of ketones is 1. The van der Waals surface area contributed by atoms with Gasteiger partial charge < -0.3 is 15.2 Å². The molecule has 5 rings (SSSR count). The van der Waals surface area contributed by atoms with Gasteiger partial charge in [0.2, 0.25) is 0 Å². The van der Waals surface area contributed by atoms with Crippen molar-refractivity contribution in [2.45, 2.75) is 38.3 Å². The molecule has 0 amide bonds. The van der Waals surface area contributed by atoms with Crippen LogP contribution in [0.3, 0.4) is 0 Å². The number of nitro groups is 1. The number of hydrogen-bond acceptors (Lipinski definition) is 10. The van der Waals surface area contributed by atoms with Crippen molar-refractivity contribution >= 4 is 40.4 Å². The molecule has 3 aromatic rings. The molecule has 1 aliphatic carbocycles. The van der Waals surface area contributed by atoms with Gasteiger partial charge in [-0.15, -0.1) is 11.3 Å². The van der Waals surface area contributed by atoms with Crippen LogP contribution in [0.25, 0.3) is 0 Å². The minimum absolute atomic E-state index is 0.0305. The predicted octanol–water partition coefficient (Wildman–Crippen LogP) is 6.20. The lowest BCUT2D eigenvalue weighted by Gasteiger charge is -2.43. The number of nitro benzene ring substituents is 1. The molecule has 0 spiro atoms. The van der Waals surface area contributed by atoms with Gasteiger partial charge in [-0.1, -0.05) is 24.3 Å². The van der Waals surface area contributed by atoms with E-state index in [0.29, 0.717) is 4.88 Å². The molecule has 1 aromatic heterocycles. The summed E-state index contributed by atoms with van der Waals surface area (Å²) in [7, 11) is 0. The number of allylic oxidation sites excluding steroid dienone is 2. The molecule has 1 aliphatic heterocycles. The molecule has 2 N–H and O–H groups in total. The van der Waals surface area contributed by atoms with Crippen LogP contribution in [-0.4, -0.2) is 35.9 Å². The monoisotopic (exact) mass is 655 g/mol. The Kier molecular flexibility index (Phi) is 9.01. The number of benzene rings is 2. The van der Waals surface area contributed by atoms with E-state index in [1.807, 2.05) is 0 Å². The fourth-order valence-electron chi connectivity index (χ4n) is 5.98. The zero-order valence-corrected chi connectivity index (χ0v) is 25.4. The second-order valence-electron chi connectivity index (χ2n) is 10.5. The Morgan fingerprint density at radius 1 is 1.07 bits per heavy atom. The molecule has 240 valence electrons. The first-order valence-electron chi connectivity index (χ1n) is 14.2. The Bertz CT molecular complexity index is 1770. The maximum atomic E-state index is 14.7. The first-order valence-corrected chi connectivity index (χ1v) is 15.1. The Balaban J connectivity index is 1.85. The maximum Gasteiger partial charge on any atom is 0.416 e. The van der Waals surface area contributed by atoms with Gasteiger partial charge in [0.1, 0.15) is 11.7 Å². The van der Waals surface area contributed by atoms with Gasteiger partial charge in [0, 0.05) is 39.9 Å². The van der Waals surface area contributed by atoms with E-state index in [0.717, 1.165) is 12.1 Å². The fourth-order valence-corrected chi connectivity index (χ4v) is 6.84. The predicted molar refractivity (Wildman–Crippen MR) is 161 cm³/mol. The molecule has 10 nitrogen and oxygen atoms in total. The van der Waals surface area contributed by atoms with Crippen molar-refractivity contribution in [3.63, 3.8) is 0 Å². The number of halogens is 3. The number of rotatable bonds is 8. The van der Waals surface area contributed by atoms with Crippen LogP contribution in [0.4, 0.5) is 24.5 Å². The Hall–Kier alpha value is -4.98. The Labute approximate surface area is 265 Å². The van der Waals surface area contributed by atoms with Gasteiger partial charge in [-0.05, 0) is 55.5 Å². The van der Waals surface area contributed by atoms with Gasteiger partial charge in [0.05, 0.1) is 35.2 Å². The molecule has 0 bridgehead atoms. The molecule has 3 atom stereocenters. The number of ether oxygens (including phenoxy) is 2. The largest absolute Gasteiger partial charge is 0.465 e. The van der Waals surface area contributed by atoms with Crippen molar-refractivity contribution in [3.05, 3.63) is 115 Å².